The van der Waals surface area contributed by atoms with Gasteiger partial charge in [0.1, 0.15) is 5.82 Å². The van der Waals surface area contributed by atoms with Crippen molar-refractivity contribution in [1.82, 2.24) is 5.32 Å². The Labute approximate surface area is 106 Å². The van der Waals surface area contributed by atoms with Crippen LogP contribution in [0.5, 0.6) is 0 Å². The van der Waals surface area contributed by atoms with Crippen molar-refractivity contribution in [3.63, 3.8) is 0 Å². The molecule has 3 nitrogen and oxygen atoms in total. The van der Waals surface area contributed by atoms with E-state index in [0.717, 1.165) is 31.4 Å². The van der Waals surface area contributed by atoms with Crippen LogP contribution in [0.3, 0.4) is 0 Å². The van der Waals surface area contributed by atoms with Crippen LogP contribution >= 0.6 is 0 Å². The van der Waals surface area contributed by atoms with Crippen LogP contribution in [0.4, 0.5) is 4.39 Å². The van der Waals surface area contributed by atoms with Gasteiger partial charge < -0.3 is 10.1 Å². The number of nitrogens with one attached hydrogen (secondary N) is 1. The van der Waals surface area contributed by atoms with Gasteiger partial charge in [-0.05, 0) is 49.6 Å². The summed E-state index contributed by atoms with van der Waals surface area (Å²) in [6.45, 7) is 2.54. The van der Waals surface area contributed by atoms with Gasteiger partial charge in [0, 0.05) is 6.04 Å². The summed E-state index contributed by atoms with van der Waals surface area (Å²) in [6, 6.07) is 3.40. The number of esters is 1. The van der Waals surface area contributed by atoms with E-state index in [1.807, 2.05) is 0 Å². The highest BCUT2D eigenvalue weighted by Gasteiger charge is 2.20. The van der Waals surface area contributed by atoms with Crippen molar-refractivity contribution in [3.8, 4) is 0 Å². The van der Waals surface area contributed by atoms with Gasteiger partial charge in [-0.25, -0.2) is 9.18 Å². The standard InChI is InChI=1S/C14H18FNO2/c1-9-11(14(17)18-2)7-10(8-12(9)15)13-5-3-4-6-16-13/h7-8,13,16H,3-6H2,1-2H3. The molecule has 1 aromatic carbocycles. The minimum Gasteiger partial charge on any atom is -0.465 e. The van der Waals surface area contributed by atoms with E-state index in [0.29, 0.717) is 11.1 Å². The fraction of sp³-hybridized carbons (Fsp3) is 0.500. The van der Waals surface area contributed by atoms with Gasteiger partial charge in [0.15, 0.2) is 0 Å². The summed E-state index contributed by atoms with van der Waals surface area (Å²) in [5.41, 5.74) is 1.50. The van der Waals surface area contributed by atoms with Gasteiger partial charge in [-0.2, -0.15) is 0 Å². The van der Waals surface area contributed by atoms with Gasteiger partial charge in [0.2, 0.25) is 0 Å². The first-order valence-electron chi connectivity index (χ1n) is 6.25. The number of piperidine rings is 1. The predicted octanol–water partition coefficient (Wildman–Crippen LogP) is 2.74. The van der Waals surface area contributed by atoms with Gasteiger partial charge in [0.05, 0.1) is 12.7 Å². The first-order valence-corrected chi connectivity index (χ1v) is 6.25. The fourth-order valence-corrected chi connectivity index (χ4v) is 2.36. The van der Waals surface area contributed by atoms with E-state index in [4.69, 9.17) is 0 Å². The monoisotopic (exact) mass is 251 g/mol. The van der Waals surface area contributed by atoms with Crippen molar-refractivity contribution in [2.24, 2.45) is 0 Å². The number of carbonyl (C=O) groups is 1. The molecule has 98 valence electrons. The Kier molecular flexibility index (Phi) is 3.97. The van der Waals surface area contributed by atoms with E-state index in [9.17, 15) is 9.18 Å². The van der Waals surface area contributed by atoms with Crippen molar-refractivity contribution < 1.29 is 13.9 Å². The molecule has 0 bridgehead atoms. The third-order valence-electron chi connectivity index (χ3n) is 3.48. The number of hydrogen-bond acceptors (Lipinski definition) is 3. The van der Waals surface area contributed by atoms with Crippen LogP contribution in [0.2, 0.25) is 0 Å². The molecule has 0 radical (unpaired) electrons. The van der Waals surface area contributed by atoms with Crippen LogP contribution in [-0.2, 0) is 4.74 Å². The molecule has 0 aliphatic carbocycles. The molecular formula is C14H18FNO2. The minimum absolute atomic E-state index is 0.136. The van der Waals surface area contributed by atoms with Crippen molar-refractivity contribution in [2.75, 3.05) is 13.7 Å². The normalized spacial score (nSPS) is 19.6. The van der Waals surface area contributed by atoms with Gasteiger partial charge >= 0.3 is 5.97 Å². The number of ether oxygens (including phenoxy) is 1. The number of methoxy groups -OCH3 is 1. The highest BCUT2D eigenvalue weighted by molar-refractivity contribution is 5.91. The van der Waals surface area contributed by atoms with Crippen molar-refractivity contribution in [3.05, 3.63) is 34.6 Å². The molecule has 0 saturated carbocycles. The lowest BCUT2D eigenvalue weighted by Gasteiger charge is -2.24. The zero-order chi connectivity index (χ0) is 13.1. The van der Waals surface area contributed by atoms with Gasteiger partial charge in [-0.1, -0.05) is 6.42 Å². The predicted molar refractivity (Wildman–Crippen MR) is 67.1 cm³/mol. The first-order chi connectivity index (χ1) is 8.63. The van der Waals surface area contributed by atoms with Crippen LogP contribution in [0.15, 0.2) is 12.1 Å². The molecule has 4 heteroatoms. The smallest absolute Gasteiger partial charge is 0.338 e. The molecule has 1 atom stereocenters. The van der Waals surface area contributed by atoms with E-state index in [-0.39, 0.29) is 11.9 Å². The molecule has 0 aromatic heterocycles. The van der Waals surface area contributed by atoms with Crippen LogP contribution in [0.1, 0.15) is 46.8 Å². The Balaban J connectivity index is 2.36. The van der Waals surface area contributed by atoms with Crippen LogP contribution in [0.25, 0.3) is 0 Å². The number of benzene rings is 1. The molecule has 2 rings (SSSR count). The molecule has 1 aliphatic rings. The minimum atomic E-state index is -0.482. The maximum Gasteiger partial charge on any atom is 0.338 e. The number of hydrogen-bond donors (Lipinski definition) is 1. The Morgan fingerprint density at radius 3 is 2.83 bits per heavy atom. The molecule has 1 heterocycles. The second-order valence-corrected chi connectivity index (χ2v) is 4.67. The second-order valence-electron chi connectivity index (χ2n) is 4.67. The summed E-state index contributed by atoms with van der Waals surface area (Å²) < 4.78 is 18.5. The fourth-order valence-electron chi connectivity index (χ4n) is 2.36. The third kappa shape index (κ3) is 2.53. The molecule has 1 N–H and O–H groups in total. The second kappa shape index (κ2) is 5.48. The summed E-state index contributed by atoms with van der Waals surface area (Å²) in [5, 5.41) is 3.35. The van der Waals surface area contributed by atoms with E-state index in [2.05, 4.69) is 10.1 Å². The Hall–Kier alpha value is -1.42. The van der Waals surface area contributed by atoms with Gasteiger partial charge in [-0.3, -0.25) is 0 Å². The zero-order valence-electron chi connectivity index (χ0n) is 10.8. The average molecular weight is 251 g/mol. The SMILES string of the molecule is COC(=O)c1cc(C2CCCCN2)cc(F)c1C. The summed E-state index contributed by atoms with van der Waals surface area (Å²) in [5.74, 6) is -0.829. The maximum atomic E-state index is 13.9. The van der Waals surface area contributed by atoms with E-state index in [1.165, 1.54) is 13.2 Å². The number of rotatable bonds is 2. The van der Waals surface area contributed by atoms with Crippen LogP contribution in [0, 0.1) is 12.7 Å². The first kappa shape index (κ1) is 13.0. The molecule has 1 fully saturated rings. The van der Waals surface area contributed by atoms with E-state index >= 15 is 0 Å². The third-order valence-corrected chi connectivity index (χ3v) is 3.48. The molecule has 18 heavy (non-hydrogen) atoms. The summed E-state index contributed by atoms with van der Waals surface area (Å²) in [6.07, 6.45) is 3.25. The molecule has 1 saturated heterocycles. The summed E-state index contributed by atoms with van der Waals surface area (Å²) in [7, 11) is 1.31. The maximum absolute atomic E-state index is 13.9. The van der Waals surface area contributed by atoms with Gasteiger partial charge in [0.25, 0.3) is 0 Å². The van der Waals surface area contributed by atoms with E-state index in [1.54, 1.807) is 13.0 Å². The van der Waals surface area contributed by atoms with Crippen LogP contribution in [-0.4, -0.2) is 19.6 Å². The van der Waals surface area contributed by atoms with Crippen molar-refractivity contribution >= 4 is 5.97 Å². The zero-order valence-corrected chi connectivity index (χ0v) is 10.8. The molecule has 1 aliphatic heterocycles. The summed E-state index contributed by atoms with van der Waals surface area (Å²) in [4.78, 5) is 11.6. The largest absolute Gasteiger partial charge is 0.465 e. The lowest BCUT2D eigenvalue weighted by Crippen LogP contribution is -2.27. The Morgan fingerprint density at radius 1 is 1.44 bits per heavy atom. The van der Waals surface area contributed by atoms with E-state index < -0.39 is 5.97 Å². The summed E-state index contributed by atoms with van der Waals surface area (Å²) >= 11 is 0. The molecule has 0 spiro atoms. The Morgan fingerprint density at radius 2 is 2.22 bits per heavy atom. The van der Waals surface area contributed by atoms with Gasteiger partial charge in [-0.15, -0.1) is 0 Å². The topological polar surface area (TPSA) is 38.3 Å². The average Bonchev–Trinajstić information content (AvgIpc) is 2.41. The molecule has 1 aromatic rings. The molecule has 0 amide bonds. The van der Waals surface area contributed by atoms with Crippen LogP contribution < -0.4 is 5.32 Å². The lowest BCUT2D eigenvalue weighted by atomic mass is 9.94. The quantitative estimate of drug-likeness (QED) is 0.821. The number of carbonyl (C=O) groups excluding carboxylic acids is 1. The van der Waals surface area contributed by atoms with Crippen molar-refractivity contribution in [2.45, 2.75) is 32.2 Å². The highest BCUT2D eigenvalue weighted by atomic mass is 19.1. The molecular weight excluding hydrogens is 233 g/mol. The number of halogens is 1. The van der Waals surface area contributed by atoms with Crippen molar-refractivity contribution in [1.29, 1.82) is 0 Å². The molecule has 1 unspecified atom stereocenters. The Bertz CT molecular complexity index is 453. The highest BCUT2D eigenvalue weighted by Crippen LogP contribution is 2.26. The lowest BCUT2D eigenvalue weighted by molar-refractivity contribution is 0.0599.